The molecule has 0 amide bonds. The highest BCUT2D eigenvalue weighted by Gasteiger charge is 2.12. The molecule has 7 heteroatoms. The van der Waals surface area contributed by atoms with Crippen LogP contribution in [0.25, 0.3) is 11.2 Å². The van der Waals surface area contributed by atoms with Crippen molar-refractivity contribution >= 4 is 34.0 Å². The molecule has 0 aliphatic heterocycles. The second-order valence-corrected chi connectivity index (χ2v) is 3.92. The highest BCUT2D eigenvalue weighted by atomic mass is 127. The molecule has 0 aromatic carbocycles. The third-order valence-corrected chi connectivity index (χ3v) is 2.92. The molecule has 0 unspecified atom stereocenters. The number of halogens is 1. The zero-order valence-electron chi connectivity index (χ0n) is 7.56. The van der Waals surface area contributed by atoms with E-state index in [1.54, 1.807) is 41.5 Å². The zero-order valence-corrected chi connectivity index (χ0v) is 9.72. The topological polar surface area (TPSA) is 61.8 Å². The number of hydrogen-bond donors (Lipinski definition) is 0. The summed E-state index contributed by atoms with van der Waals surface area (Å²) in [6, 6.07) is 0. The molecule has 2 rings (SSSR count). The molecular formula is C7H7IN4O2. The van der Waals surface area contributed by atoms with Gasteiger partial charge in [0.05, 0.1) is 29.2 Å². The summed E-state index contributed by atoms with van der Waals surface area (Å²) in [6.07, 6.45) is 1.52. The normalized spacial score (nSPS) is 11.1. The van der Waals surface area contributed by atoms with Gasteiger partial charge in [0.15, 0.2) is 11.2 Å². The molecule has 0 radical (unpaired) electrons. The molecule has 0 spiro atoms. The molecule has 2 aromatic rings. The maximum atomic E-state index is 11.7. The monoisotopic (exact) mass is 306 g/mol. The molecule has 0 aliphatic carbocycles. The lowest BCUT2D eigenvalue weighted by Gasteiger charge is -2.01. The van der Waals surface area contributed by atoms with E-state index in [1.165, 1.54) is 10.9 Å². The number of fused-ring (bicyclic) bond motifs is 1. The molecule has 0 atom stereocenters. The minimum Gasteiger partial charge on any atom is -0.328 e. The third-order valence-electron chi connectivity index (χ3n) is 2.07. The van der Waals surface area contributed by atoms with E-state index in [0.717, 1.165) is 2.78 Å². The van der Waals surface area contributed by atoms with Crippen LogP contribution < -0.4 is 11.2 Å². The first-order chi connectivity index (χ1) is 6.54. The van der Waals surface area contributed by atoms with Gasteiger partial charge >= 0.3 is 5.69 Å². The lowest BCUT2D eigenvalue weighted by molar-refractivity contribution is 0.820. The van der Waals surface area contributed by atoms with Crippen LogP contribution in [-0.2, 0) is 14.1 Å². The van der Waals surface area contributed by atoms with Gasteiger partial charge in [0, 0.05) is 14.1 Å². The molecule has 6 nitrogen and oxygen atoms in total. The Hall–Kier alpha value is -1.12. The highest BCUT2D eigenvalue weighted by molar-refractivity contribution is 14.1. The molecule has 74 valence electrons. The smallest absolute Gasteiger partial charge is 0.328 e. The Labute approximate surface area is 92.3 Å². The van der Waals surface area contributed by atoms with Crippen LogP contribution in [0.1, 0.15) is 0 Å². The van der Waals surface area contributed by atoms with Crippen molar-refractivity contribution in [3.63, 3.8) is 0 Å². The fourth-order valence-corrected chi connectivity index (χ4v) is 1.86. The van der Waals surface area contributed by atoms with Crippen LogP contribution >= 0.6 is 22.9 Å². The minimum absolute atomic E-state index is 0.330. The van der Waals surface area contributed by atoms with E-state index >= 15 is 0 Å². The van der Waals surface area contributed by atoms with E-state index < -0.39 is 0 Å². The summed E-state index contributed by atoms with van der Waals surface area (Å²) in [5.74, 6) is 0. The van der Waals surface area contributed by atoms with Crippen LogP contribution in [-0.4, -0.2) is 16.9 Å². The largest absolute Gasteiger partial charge is 0.341 e. The molecule has 0 saturated carbocycles. The fraction of sp³-hybridized carbons (Fsp3) is 0.286. The van der Waals surface area contributed by atoms with Gasteiger partial charge in [0.2, 0.25) is 0 Å². The summed E-state index contributed by atoms with van der Waals surface area (Å²) in [5, 5.41) is 0. The summed E-state index contributed by atoms with van der Waals surface area (Å²) in [6.45, 7) is 0. The number of imidazole rings is 1. The minimum atomic E-state index is -0.373. The van der Waals surface area contributed by atoms with Gasteiger partial charge in [0.1, 0.15) is 0 Å². The number of aryl methyl sites for hydroxylation is 2. The van der Waals surface area contributed by atoms with Gasteiger partial charge in [0.25, 0.3) is 5.56 Å². The SMILES string of the molecule is Cn1cnc2c1c(=O)n(I)c(=O)n2C. The van der Waals surface area contributed by atoms with E-state index in [1.807, 2.05) is 0 Å². The van der Waals surface area contributed by atoms with E-state index in [2.05, 4.69) is 4.98 Å². The van der Waals surface area contributed by atoms with Gasteiger partial charge in [-0.05, 0) is 0 Å². The predicted octanol–water partition coefficient (Wildman–Crippen LogP) is -0.368. The van der Waals surface area contributed by atoms with Crippen LogP contribution in [0.15, 0.2) is 15.9 Å². The Kier molecular flexibility index (Phi) is 1.98. The first kappa shape index (κ1) is 9.44. The zero-order chi connectivity index (χ0) is 10.5. The molecule has 2 heterocycles. The molecule has 0 aliphatic rings. The van der Waals surface area contributed by atoms with Crippen LogP contribution in [0.2, 0.25) is 0 Å². The lowest BCUT2D eigenvalue weighted by Crippen LogP contribution is -2.34. The second-order valence-electron chi connectivity index (χ2n) is 2.96. The highest BCUT2D eigenvalue weighted by Crippen LogP contribution is 2.03. The summed E-state index contributed by atoms with van der Waals surface area (Å²) in [7, 11) is 3.31. The molecule has 0 saturated heterocycles. The van der Waals surface area contributed by atoms with Crippen molar-refractivity contribution in [2.45, 2.75) is 0 Å². The number of aromatic nitrogens is 4. The van der Waals surface area contributed by atoms with Crippen molar-refractivity contribution in [3.8, 4) is 0 Å². The van der Waals surface area contributed by atoms with Crippen LogP contribution in [0.4, 0.5) is 0 Å². The summed E-state index contributed by atoms with van der Waals surface area (Å²) >= 11 is 1.69. The maximum absolute atomic E-state index is 11.7. The third kappa shape index (κ3) is 1.04. The van der Waals surface area contributed by atoms with Gasteiger partial charge in [-0.25, -0.2) is 9.78 Å². The molecule has 0 bridgehead atoms. The number of hydrogen-bond acceptors (Lipinski definition) is 3. The van der Waals surface area contributed by atoms with Crippen molar-refractivity contribution in [1.29, 1.82) is 0 Å². The van der Waals surface area contributed by atoms with Gasteiger partial charge in [-0.1, -0.05) is 0 Å². The Morgan fingerprint density at radius 3 is 2.64 bits per heavy atom. The Morgan fingerprint density at radius 2 is 2.00 bits per heavy atom. The van der Waals surface area contributed by atoms with Crippen molar-refractivity contribution in [1.82, 2.24) is 16.9 Å². The first-order valence-electron chi connectivity index (χ1n) is 3.83. The molecule has 0 fully saturated rings. The second kappa shape index (κ2) is 2.94. The Morgan fingerprint density at radius 1 is 1.36 bits per heavy atom. The molecule has 0 N–H and O–H groups in total. The van der Waals surface area contributed by atoms with Gasteiger partial charge in [-0.2, -0.15) is 2.78 Å². The predicted molar refractivity (Wildman–Crippen MR) is 59.6 cm³/mol. The van der Waals surface area contributed by atoms with Gasteiger partial charge in [-0.3, -0.25) is 9.36 Å². The van der Waals surface area contributed by atoms with Gasteiger partial charge in [-0.15, -0.1) is 0 Å². The standard InChI is InChI=1S/C7H7IN4O2/c1-10-3-9-5-4(10)6(13)12(8)7(14)11(5)2/h3H,1-2H3. The van der Waals surface area contributed by atoms with Crippen molar-refractivity contribution in [2.75, 3.05) is 0 Å². The summed E-state index contributed by atoms with van der Waals surface area (Å²) < 4.78 is 4.00. The van der Waals surface area contributed by atoms with Crippen molar-refractivity contribution in [3.05, 3.63) is 27.2 Å². The van der Waals surface area contributed by atoms with Crippen LogP contribution in [0, 0.1) is 0 Å². The fourth-order valence-electron chi connectivity index (χ4n) is 1.31. The summed E-state index contributed by atoms with van der Waals surface area (Å²) in [5.41, 5.74) is 0.141. The quantitative estimate of drug-likeness (QED) is 0.624. The average molecular weight is 306 g/mol. The van der Waals surface area contributed by atoms with E-state index in [9.17, 15) is 9.59 Å². The van der Waals surface area contributed by atoms with E-state index in [0.29, 0.717) is 11.2 Å². The summed E-state index contributed by atoms with van der Waals surface area (Å²) in [4.78, 5) is 27.1. The maximum Gasteiger partial charge on any atom is 0.341 e. The lowest BCUT2D eigenvalue weighted by atomic mass is 10.5. The van der Waals surface area contributed by atoms with E-state index in [4.69, 9.17) is 0 Å². The van der Waals surface area contributed by atoms with Crippen LogP contribution in [0.5, 0.6) is 0 Å². The molecule has 2 aromatic heterocycles. The Balaban J connectivity index is 3.22. The van der Waals surface area contributed by atoms with Crippen molar-refractivity contribution < 1.29 is 0 Å². The Bertz CT molecular complexity index is 621. The number of nitrogens with zero attached hydrogens (tertiary/aromatic N) is 4. The average Bonchev–Trinajstić information content (AvgIpc) is 2.54. The number of rotatable bonds is 0. The van der Waals surface area contributed by atoms with Gasteiger partial charge < -0.3 is 4.57 Å². The van der Waals surface area contributed by atoms with Crippen LogP contribution in [0.3, 0.4) is 0 Å². The van der Waals surface area contributed by atoms with Crippen molar-refractivity contribution in [2.24, 2.45) is 14.1 Å². The first-order valence-corrected chi connectivity index (χ1v) is 4.79. The van der Waals surface area contributed by atoms with E-state index in [-0.39, 0.29) is 11.2 Å². The molecular weight excluding hydrogens is 299 g/mol. The molecule has 14 heavy (non-hydrogen) atoms.